The van der Waals surface area contributed by atoms with E-state index in [-0.39, 0.29) is 11.9 Å². The highest BCUT2D eigenvalue weighted by molar-refractivity contribution is 6.32. The van der Waals surface area contributed by atoms with Gasteiger partial charge in [-0.05, 0) is 50.8 Å². The first-order chi connectivity index (χ1) is 9.04. The summed E-state index contributed by atoms with van der Waals surface area (Å²) in [5, 5.41) is 0.496. The highest BCUT2D eigenvalue weighted by Gasteiger charge is 2.27. The minimum atomic E-state index is 0.0228. The highest BCUT2D eigenvalue weighted by atomic mass is 35.5. The minimum Gasteiger partial charge on any atom is -0.494 e. The average molecular weight is 282 g/mol. The molecule has 2 rings (SSSR count). The van der Waals surface area contributed by atoms with E-state index in [0.29, 0.717) is 16.3 Å². The van der Waals surface area contributed by atoms with Crippen LogP contribution in [0.1, 0.15) is 42.1 Å². The van der Waals surface area contributed by atoms with E-state index in [9.17, 15) is 4.79 Å². The second kappa shape index (κ2) is 5.83. The number of ether oxygens (including phenoxy) is 1. The number of nitrogens with zero attached hydrogens (tertiary/aromatic N) is 1. The Labute approximate surface area is 119 Å². The number of hydrogen-bond donors (Lipinski definition) is 0. The molecule has 1 saturated heterocycles. The lowest BCUT2D eigenvalue weighted by Crippen LogP contribution is -2.42. The smallest absolute Gasteiger partial charge is 0.257 e. The van der Waals surface area contributed by atoms with Crippen LogP contribution < -0.4 is 4.74 Å². The molecule has 0 aliphatic carbocycles. The maximum Gasteiger partial charge on any atom is 0.257 e. The first-order valence-electron chi connectivity index (χ1n) is 6.69. The molecule has 1 unspecified atom stereocenters. The first-order valence-corrected chi connectivity index (χ1v) is 7.07. The molecule has 1 aliphatic rings. The zero-order valence-corrected chi connectivity index (χ0v) is 12.5. The molecule has 0 N–H and O–H groups in total. The topological polar surface area (TPSA) is 29.5 Å². The molecular formula is C15H20ClNO2. The quantitative estimate of drug-likeness (QED) is 0.828. The van der Waals surface area contributed by atoms with Crippen LogP contribution >= 0.6 is 11.6 Å². The van der Waals surface area contributed by atoms with E-state index in [4.69, 9.17) is 16.3 Å². The summed E-state index contributed by atoms with van der Waals surface area (Å²) in [5.41, 5.74) is 1.54. The Morgan fingerprint density at radius 3 is 2.79 bits per heavy atom. The molecule has 1 aliphatic heterocycles. The van der Waals surface area contributed by atoms with Crippen molar-refractivity contribution in [3.05, 3.63) is 28.3 Å². The zero-order chi connectivity index (χ0) is 14.0. The van der Waals surface area contributed by atoms with Crippen molar-refractivity contribution in [2.75, 3.05) is 13.7 Å². The van der Waals surface area contributed by atoms with Crippen molar-refractivity contribution in [3.8, 4) is 5.75 Å². The van der Waals surface area contributed by atoms with Gasteiger partial charge < -0.3 is 9.64 Å². The number of benzene rings is 1. The van der Waals surface area contributed by atoms with Crippen molar-refractivity contribution < 1.29 is 9.53 Å². The van der Waals surface area contributed by atoms with Crippen molar-refractivity contribution in [3.63, 3.8) is 0 Å². The van der Waals surface area contributed by atoms with E-state index >= 15 is 0 Å². The molecule has 0 saturated carbocycles. The van der Waals surface area contributed by atoms with Crippen LogP contribution in [-0.4, -0.2) is 30.5 Å². The molecule has 104 valence electrons. The molecule has 0 aromatic heterocycles. The standard InChI is InChI=1S/C15H20ClNO2/c1-10-8-12(14(19-3)13(16)9-10)15(18)17-7-5-4-6-11(17)2/h8-9,11H,4-7H2,1-3H3. The Bertz CT molecular complexity index is 487. The van der Waals surface area contributed by atoms with E-state index in [1.165, 1.54) is 6.42 Å². The fraction of sp³-hybridized carbons (Fsp3) is 0.533. The van der Waals surface area contributed by atoms with Gasteiger partial charge in [-0.3, -0.25) is 4.79 Å². The molecule has 1 amide bonds. The number of carbonyl (C=O) groups excluding carboxylic acids is 1. The molecule has 1 heterocycles. The monoisotopic (exact) mass is 281 g/mol. The number of likely N-dealkylation sites (tertiary alicyclic amines) is 1. The predicted octanol–water partition coefficient (Wildman–Crippen LogP) is 3.67. The Morgan fingerprint density at radius 2 is 2.16 bits per heavy atom. The van der Waals surface area contributed by atoms with Gasteiger partial charge in [0.25, 0.3) is 5.91 Å². The fourth-order valence-electron chi connectivity index (χ4n) is 2.65. The van der Waals surface area contributed by atoms with Gasteiger partial charge in [-0.15, -0.1) is 0 Å². The van der Waals surface area contributed by atoms with Crippen molar-refractivity contribution in [2.24, 2.45) is 0 Å². The summed E-state index contributed by atoms with van der Waals surface area (Å²) in [6.45, 7) is 4.84. The SMILES string of the molecule is COc1c(Cl)cc(C)cc1C(=O)N1CCCCC1C. The summed E-state index contributed by atoms with van der Waals surface area (Å²) < 4.78 is 5.30. The van der Waals surface area contributed by atoms with E-state index in [1.54, 1.807) is 7.11 Å². The van der Waals surface area contributed by atoms with Crippen LogP contribution in [0, 0.1) is 6.92 Å². The summed E-state index contributed by atoms with van der Waals surface area (Å²) in [4.78, 5) is 14.6. The van der Waals surface area contributed by atoms with Gasteiger partial charge in [-0.2, -0.15) is 0 Å². The Kier molecular flexibility index (Phi) is 4.35. The molecule has 0 bridgehead atoms. The molecule has 1 aromatic carbocycles. The average Bonchev–Trinajstić information content (AvgIpc) is 2.37. The lowest BCUT2D eigenvalue weighted by Gasteiger charge is -2.34. The molecule has 1 atom stereocenters. The summed E-state index contributed by atoms with van der Waals surface area (Å²) in [5.74, 6) is 0.504. The maximum absolute atomic E-state index is 12.7. The first kappa shape index (κ1) is 14.2. The number of amides is 1. The third-order valence-electron chi connectivity index (χ3n) is 3.69. The molecule has 0 spiro atoms. The molecule has 0 radical (unpaired) electrons. The van der Waals surface area contributed by atoms with Gasteiger partial charge in [-0.1, -0.05) is 11.6 Å². The van der Waals surface area contributed by atoms with E-state index in [2.05, 4.69) is 6.92 Å². The van der Waals surface area contributed by atoms with Crippen LogP contribution in [0.15, 0.2) is 12.1 Å². The van der Waals surface area contributed by atoms with Gasteiger partial charge in [-0.25, -0.2) is 0 Å². The lowest BCUT2D eigenvalue weighted by atomic mass is 10.0. The van der Waals surface area contributed by atoms with Gasteiger partial charge in [0.2, 0.25) is 0 Å². The number of halogens is 1. The Hall–Kier alpha value is -1.22. The van der Waals surface area contributed by atoms with Gasteiger partial charge in [0, 0.05) is 12.6 Å². The predicted molar refractivity (Wildman–Crippen MR) is 77.1 cm³/mol. The van der Waals surface area contributed by atoms with Crippen LogP contribution in [0.3, 0.4) is 0 Å². The summed E-state index contributed by atoms with van der Waals surface area (Å²) in [6.07, 6.45) is 3.32. The number of aryl methyl sites for hydroxylation is 1. The van der Waals surface area contributed by atoms with Gasteiger partial charge >= 0.3 is 0 Å². The second-order valence-corrected chi connectivity index (χ2v) is 5.58. The van der Waals surface area contributed by atoms with E-state index in [1.807, 2.05) is 24.0 Å². The van der Waals surface area contributed by atoms with Gasteiger partial charge in [0.1, 0.15) is 5.75 Å². The summed E-state index contributed by atoms with van der Waals surface area (Å²) in [6, 6.07) is 3.95. The number of rotatable bonds is 2. The van der Waals surface area contributed by atoms with Crippen molar-refractivity contribution in [1.29, 1.82) is 0 Å². The van der Waals surface area contributed by atoms with Crippen LogP contribution in [0.5, 0.6) is 5.75 Å². The maximum atomic E-state index is 12.7. The van der Waals surface area contributed by atoms with Crippen molar-refractivity contribution >= 4 is 17.5 Å². The summed E-state index contributed by atoms with van der Waals surface area (Å²) >= 11 is 6.16. The van der Waals surface area contributed by atoms with Crippen LogP contribution in [0.2, 0.25) is 5.02 Å². The number of methoxy groups -OCH3 is 1. The fourth-order valence-corrected chi connectivity index (χ4v) is 3.00. The normalized spacial score (nSPS) is 19.4. The summed E-state index contributed by atoms with van der Waals surface area (Å²) in [7, 11) is 1.55. The van der Waals surface area contributed by atoms with Crippen LogP contribution in [-0.2, 0) is 0 Å². The third kappa shape index (κ3) is 2.86. The largest absolute Gasteiger partial charge is 0.494 e. The van der Waals surface area contributed by atoms with Crippen LogP contribution in [0.25, 0.3) is 0 Å². The minimum absolute atomic E-state index is 0.0228. The molecule has 1 aromatic rings. The highest BCUT2D eigenvalue weighted by Crippen LogP contribution is 2.32. The molecule has 3 nitrogen and oxygen atoms in total. The number of piperidine rings is 1. The van der Waals surface area contributed by atoms with Gasteiger partial charge in [0.05, 0.1) is 17.7 Å². The Balaban J connectivity index is 2.37. The zero-order valence-electron chi connectivity index (χ0n) is 11.7. The van der Waals surface area contributed by atoms with Crippen molar-refractivity contribution in [2.45, 2.75) is 39.2 Å². The lowest BCUT2D eigenvalue weighted by molar-refractivity contribution is 0.0632. The molecule has 1 fully saturated rings. The van der Waals surface area contributed by atoms with E-state index in [0.717, 1.165) is 24.9 Å². The Morgan fingerprint density at radius 1 is 1.42 bits per heavy atom. The van der Waals surface area contributed by atoms with E-state index < -0.39 is 0 Å². The van der Waals surface area contributed by atoms with Gasteiger partial charge in [0.15, 0.2) is 0 Å². The molecule has 19 heavy (non-hydrogen) atoms. The second-order valence-electron chi connectivity index (χ2n) is 5.17. The third-order valence-corrected chi connectivity index (χ3v) is 3.97. The van der Waals surface area contributed by atoms with Crippen LogP contribution in [0.4, 0.5) is 0 Å². The molecular weight excluding hydrogens is 262 g/mol. The van der Waals surface area contributed by atoms with Crippen molar-refractivity contribution in [1.82, 2.24) is 4.90 Å². The number of hydrogen-bond acceptors (Lipinski definition) is 2. The molecule has 4 heteroatoms. The number of carbonyl (C=O) groups is 1.